The number of unbranched alkanes of at least 4 members (excludes halogenated alkanes) is 14. The van der Waals surface area contributed by atoms with Crippen molar-refractivity contribution in [3.63, 3.8) is 0 Å². The van der Waals surface area contributed by atoms with Gasteiger partial charge in [-0.05, 0) is 12.8 Å². The van der Waals surface area contributed by atoms with E-state index in [1.54, 1.807) is 0 Å². The van der Waals surface area contributed by atoms with E-state index < -0.39 is 6.04 Å². The van der Waals surface area contributed by atoms with Crippen LogP contribution in [0.25, 0.3) is 0 Å². The maximum Gasteiger partial charge on any atom is 0.149 e. The minimum Gasteiger partial charge on any atom is -0.321 e. The molecule has 0 aliphatic carbocycles. The Morgan fingerprint density at radius 3 is 1.56 bits per heavy atom. The molecule has 1 unspecified atom stereocenters. The second kappa shape index (κ2) is 19.6. The van der Waals surface area contributed by atoms with Crippen LogP contribution >= 0.6 is 0 Å². The van der Waals surface area contributed by atoms with E-state index in [9.17, 15) is 9.59 Å². The Hall–Kier alpha value is -0.700. The molecule has 0 bridgehead atoms. The lowest BCUT2D eigenvalue weighted by Gasteiger charge is -2.08. The summed E-state index contributed by atoms with van der Waals surface area (Å²) in [5.41, 5.74) is 5.76. The van der Waals surface area contributed by atoms with Gasteiger partial charge in [0.05, 0.1) is 6.04 Å². The van der Waals surface area contributed by atoms with Gasteiger partial charge in [-0.2, -0.15) is 0 Å². The predicted octanol–water partition coefficient (Wildman–Crippen LogP) is 6.12. The first-order chi connectivity index (χ1) is 12.2. The number of rotatable bonds is 20. The van der Waals surface area contributed by atoms with Crippen LogP contribution in [-0.4, -0.2) is 18.1 Å². The summed E-state index contributed by atoms with van der Waals surface area (Å²) in [5, 5.41) is 0. The molecule has 2 N–H and O–H groups in total. The van der Waals surface area contributed by atoms with Crippen molar-refractivity contribution in [1.29, 1.82) is 0 Å². The Bertz CT molecular complexity index is 304. The van der Waals surface area contributed by atoms with Crippen molar-refractivity contribution in [3.8, 4) is 0 Å². The van der Waals surface area contributed by atoms with Gasteiger partial charge >= 0.3 is 0 Å². The van der Waals surface area contributed by atoms with Crippen molar-refractivity contribution < 1.29 is 9.59 Å². The summed E-state index contributed by atoms with van der Waals surface area (Å²) in [6, 6.07) is -0.433. The minimum atomic E-state index is -0.433. The smallest absolute Gasteiger partial charge is 0.149 e. The lowest BCUT2D eigenvalue weighted by atomic mass is 10.0. The molecule has 3 nitrogen and oxygen atoms in total. The Balaban J connectivity index is 3.18. The number of carbonyl (C=O) groups is 2. The summed E-state index contributed by atoms with van der Waals surface area (Å²) in [6.07, 6.45) is 22.3. The van der Waals surface area contributed by atoms with Crippen LogP contribution in [0.1, 0.15) is 122 Å². The number of hydrogen-bond acceptors (Lipinski definition) is 3. The van der Waals surface area contributed by atoms with Gasteiger partial charge in [0.1, 0.15) is 12.1 Å². The van der Waals surface area contributed by atoms with Crippen molar-refractivity contribution in [3.05, 3.63) is 0 Å². The van der Waals surface area contributed by atoms with Crippen molar-refractivity contribution in [2.75, 3.05) is 0 Å². The highest BCUT2D eigenvalue weighted by molar-refractivity contribution is 5.83. The molecule has 0 radical (unpaired) electrons. The monoisotopic (exact) mass is 353 g/mol. The third kappa shape index (κ3) is 17.9. The van der Waals surface area contributed by atoms with Crippen LogP contribution in [0.3, 0.4) is 0 Å². The Morgan fingerprint density at radius 1 is 0.760 bits per heavy atom. The molecule has 0 aromatic heterocycles. The number of Topliss-reactive ketones (excluding diaryl/α,β-unsaturated/α-hetero) is 1. The van der Waals surface area contributed by atoms with Gasteiger partial charge in [0.2, 0.25) is 0 Å². The van der Waals surface area contributed by atoms with Gasteiger partial charge in [0, 0.05) is 12.8 Å². The average molecular weight is 354 g/mol. The summed E-state index contributed by atoms with van der Waals surface area (Å²) in [6.45, 7) is 2.27. The largest absolute Gasteiger partial charge is 0.321 e. The van der Waals surface area contributed by atoms with Crippen LogP contribution in [-0.2, 0) is 9.59 Å². The highest BCUT2D eigenvalue weighted by Gasteiger charge is 2.11. The highest BCUT2D eigenvalue weighted by Crippen LogP contribution is 2.14. The summed E-state index contributed by atoms with van der Waals surface area (Å²) >= 11 is 0. The molecule has 0 saturated carbocycles. The van der Waals surface area contributed by atoms with Crippen molar-refractivity contribution >= 4 is 12.1 Å². The van der Waals surface area contributed by atoms with E-state index in [-0.39, 0.29) is 5.78 Å². The van der Waals surface area contributed by atoms with E-state index in [1.165, 1.54) is 83.5 Å². The summed E-state index contributed by atoms with van der Waals surface area (Å²) in [5.74, 6) is 0.122. The predicted molar refractivity (Wildman–Crippen MR) is 108 cm³/mol. The van der Waals surface area contributed by atoms with Crippen LogP contribution in [0, 0.1) is 0 Å². The summed E-state index contributed by atoms with van der Waals surface area (Å²) in [4.78, 5) is 22.0. The van der Waals surface area contributed by atoms with E-state index in [1.807, 2.05) is 0 Å². The standard InChI is InChI=1S/C22H43NO2/c1-2-3-4-5-6-7-8-9-10-11-12-13-14-15-16-19-22(25)21(23)18-17-20-24/h20-21H,2-19,23H2,1H3. The lowest BCUT2D eigenvalue weighted by Crippen LogP contribution is -2.30. The zero-order valence-corrected chi connectivity index (χ0v) is 16.8. The van der Waals surface area contributed by atoms with Gasteiger partial charge in [-0.25, -0.2) is 0 Å². The number of nitrogens with two attached hydrogens (primary N) is 1. The molecule has 0 aromatic carbocycles. The molecule has 0 spiro atoms. The van der Waals surface area contributed by atoms with E-state index in [0.717, 1.165) is 19.1 Å². The molecule has 1 atom stereocenters. The zero-order valence-electron chi connectivity index (χ0n) is 16.8. The molecule has 0 amide bonds. The molecule has 0 saturated heterocycles. The SMILES string of the molecule is CCCCCCCCCCCCCCCCCC(=O)C(N)CCC=O. The van der Waals surface area contributed by atoms with Gasteiger partial charge in [0.15, 0.2) is 0 Å². The van der Waals surface area contributed by atoms with Gasteiger partial charge < -0.3 is 10.5 Å². The number of hydrogen-bond donors (Lipinski definition) is 1. The highest BCUT2D eigenvalue weighted by atomic mass is 16.1. The topological polar surface area (TPSA) is 60.2 Å². The van der Waals surface area contributed by atoms with Gasteiger partial charge in [-0.3, -0.25) is 4.79 Å². The van der Waals surface area contributed by atoms with Gasteiger partial charge in [-0.15, -0.1) is 0 Å². The average Bonchev–Trinajstić information content (AvgIpc) is 2.62. The molecule has 25 heavy (non-hydrogen) atoms. The maximum absolute atomic E-state index is 11.7. The third-order valence-corrected chi connectivity index (χ3v) is 5.04. The molecule has 0 fully saturated rings. The van der Waals surface area contributed by atoms with Gasteiger partial charge in [0.25, 0.3) is 0 Å². The van der Waals surface area contributed by atoms with Crippen molar-refractivity contribution in [2.45, 2.75) is 129 Å². The normalized spacial score (nSPS) is 12.2. The first kappa shape index (κ1) is 24.3. The third-order valence-electron chi connectivity index (χ3n) is 5.04. The van der Waals surface area contributed by atoms with Crippen LogP contribution in [0.5, 0.6) is 0 Å². The van der Waals surface area contributed by atoms with E-state index in [0.29, 0.717) is 19.3 Å². The fourth-order valence-corrected chi connectivity index (χ4v) is 3.26. The first-order valence-electron chi connectivity index (χ1n) is 10.9. The molecule has 0 aromatic rings. The minimum absolute atomic E-state index is 0.122. The second-order valence-corrected chi connectivity index (χ2v) is 7.52. The van der Waals surface area contributed by atoms with Gasteiger partial charge in [-0.1, -0.05) is 96.8 Å². The zero-order chi connectivity index (χ0) is 18.6. The summed E-state index contributed by atoms with van der Waals surface area (Å²) in [7, 11) is 0. The lowest BCUT2D eigenvalue weighted by molar-refractivity contribution is -0.120. The molecule has 0 aliphatic rings. The number of ketones is 1. The first-order valence-corrected chi connectivity index (χ1v) is 10.9. The summed E-state index contributed by atoms with van der Waals surface area (Å²) < 4.78 is 0. The van der Waals surface area contributed by atoms with Crippen LogP contribution < -0.4 is 5.73 Å². The van der Waals surface area contributed by atoms with Crippen LogP contribution in [0.15, 0.2) is 0 Å². The fraction of sp³-hybridized carbons (Fsp3) is 0.909. The Morgan fingerprint density at radius 2 is 1.16 bits per heavy atom. The molecular weight excluding hydrogens is 310 g/mol. The maximum atomic E-state index is 11.7. The fourth-order valence-electron chi connectivity index (χ4n) is 3.26. The molecular formula is C22H43NO2. The number of aldehydes is 1. The molecule has 3 heteroatoms. The van der Waals surface area contributed by atoms with Crippen LogP contribution in [0.4, 0.5) is 0 Å². The van der Waals surface area contributed by atoms with Crippen molar-refractivity contribution in [1.82, 2.24) is 0 Å². The second-order valence-electron chi connectivity index (χ2n) is 7.52. The van der Waals surface area contributed by atoms with Crippen LogP contribution in [0.2, 0.25) is 0 Å². The molecule has 148 valence electrons. The number of carbonyl (C=O) groups excluding carboxylic acids is 2. The Kier molecular flexibility index (Phi) is 19.1. The van der Waals surface area contributed by atoms with E-state index in [4.69, 9.17) is 5.73 Å². The van der Waals surface area contributed by atoms with E-state index in [2.05, 4.69) is 6.92 Å². The van der Waals surface area contributed by atoms with E-state index >= 15 is 0 Å². The molecule has 0 rings (SSSR count). The molecule has 0 aliphatic heterocycles. The Labute approximate surface area is 156 Å². The van der Waals surface area contributed by atoms with Crippen molar-refractivity contribution in [2.24, 2.45) is 5.73 Å². The molecule has 0 heterocycles. The quantitative estimate of drug-likeness (QED) is 0.212.